The van der Waals surface area contributed by atoms with Crippen LogP contribution in [-0.4, -0.2) is 18.9 Å². The second-order valence-electron chi connectivity index (χ2n) is 3.37. The van der Waals surface area contributed by atoms with E-state index < -0.39 is 0 Å². The van der Waals surface area contributed by atoms with Crippen molar-refractivity contribution in [2.45, 2.75) is 51.9 Å². The van der Waals surface area contributed by atoms with Crippen LogP contribution in [0.3, 0.4) is 0 Å². The summed E-state index contributed by atoms with van der Waals surface area (Å²) in [6.07, 6.45) is 7.95. The number of carbonyl (C=O) groups is 2. The third-order valence-corrected chi connectivity index (χ3v) is 2.05. The number of hydrogen-bond donors (Lipinski definition) is 0. The molecule has 0 rings (SSSR count). The SMILES string of the molecule is CCCCCCCCC(=O)OCC=O. The smallest absolute Gasteiger partial charge is 0.306 e. The van der Waals surface area contributed by atoms with Crippen LogP contribution in [0.2, 0.25) is 0 Å². The van der Waals surface area contributed by atoms with Crippen LogP contribution in [0.5, 0.6) is 0 Å². The van der Waals surface area contributed by atoms with Crippen molar-refractivity contribution in [2.75, 3.05) is 6.61 Å². The van der Waals surface area contributed by atoms with Crippen LogP contribution in [-0.2, 0) is 14.3 Å². The monoisotopic (exact) mass is 200 g/mol. The van der Waals surface area contributed by atoms with Crippen molar-refractivity contribution in [3.8, 4) is 0 Å². The summed E-state index contributed by atoms with van der Waals surface area (Å²) in [4.78, 5) is 20.8. The predicted molar refractivity (Wildman–Crippen MR) is 55.0 cm³/mol. The number of hydrogen-bond acceptors (Lipinski definition) is 3. The van der Waals surface area contributed by atoms with E-state index in [0.29, 0.717) is 12.7 Å². The summed E-state index contributed by atoms with van der Waals surface area (Å²) in [5.41, 5.74) is 0. The Bertz CT molecular complexity index is 155. The molecule has 0 saturated carbocycles. The molecule has 0 aromatic rings. The molecule has 0 aliphatic heterocycles. The minimum absolute atomic E-state index is 0.103. The Morgan fingerprint density at radius 3 is 2.43 bits per heavy atom. The predicted octanol–water partition coefficient (Wildman–Crippen LogP) is 2.48. The Hall–Kier alpha value is -0.860. The number of esters is 1. The number of rotatable bonds is 9. The van der Waals surface area contributed by atoms with Gasteiger partial charge in [0.05, 0.1) is 0 Å². The van der Waals surface area contributed by atoms with Gasteiger partial charge in [-0.3, -0.25) is 9.59 Å². The van der Waals surface area contributed by atoms with E-state index in [2.05, 4.69) is 11.7 Å². The standard InChI is InChI=1S/C11H20O3/c1-2-3-4-5-6-7-8-11(13)14-10-9-12/h9H,2-8,10H2,1H3. The van der Waals surface area contributed by atoms with Gasteiger partial charge in [-0.05, 0) is 6.42 Å². The summed E-state index contributed by atoms with van der Waals surface area (Å²) in [6.45, 7) is 2.07. The molecule has 14 heavy (non-hydrogen) atoms. The molecule has 0 atom stereocenters. The molecule has 3 heteroatoms. The second-order valence-corrected chi connectivity index (χ2v) is 3.37. The third-order valence-electron chi connectivity index (χ3n) is 2.05. The fraction of sp³-hybridized carbons (Fsp3) is 0.818. The van der Waals surface area contributed by atoms with Crippen LogP contribution in [0.25, 0.3) is 0 Å². The highest BCUT2D eigenvalue weighted by molar-refractivity contribution is 5.71. The fourth-order valence-electron chi connectivity index (χ4n) is 1.25. The highest BCUT2D eigenvalue weighted by Gasteiger charge is 2.00. The number of aldehydes is 1. The van der Waals surface area contributed by atoms with Crippen LogP contribution in [0.1, 0.15) is 51.9 Å². The van der Waals surface area contributed by atoms with Crippen molar-refractivity contribution >= 4 is 12.3 Å². The fourth-order valence-corrected chi connectivity index (χ4v) is 1.25. The summed E-state index contributed by atoms with van der Waals surface area (Å²) in [7, 11) is 0. The average molecular weight is 200 g/mol. The van der Waals surface area contributed by atoms with Gasteiger partial charge in [-0.15, -0.1) is 0 Å². The van der Waals surface area contributed by atoms with E-state index in [-0.39, 0.29) is 12.6 Å². The molecule has 3 nitrogen and oxygen atoms in total. The quantitative estimate of drug-likeness (QED) is 0.326. The van der Waals surface area contributed by atoms with Gasteiger partial charge in [-0.2, -0.15) is 0 Å². The summed E-state index contributed by atoms with van der Waals surface area (Å²) >= 11 is 0. The molecule has 82 valence electrons. The summed E-state index contributed by atoms with van der Waals surface area (Å²) in [5.74, 6) is -0.257. The Morgan fingerprint density at radius 2 is 1.79 bits per heavy atom. The van der Waals surface area contributed by atoms with Crippen LogP contribution in [0.15, 0.2) is 0 Å². The van der Waals surface area contributed by atoms with Crippen LogP contribution in [0.4, 0.5) is 0 Å². The molecule has 0 radical (unpaired) electrons. The Kier molecular flexibility index (Phi) is 9.59. The van der Waals surface area contributed by atoms with E-state index >= 15 is 0 Å². The molecule has 0 aromatic heterocycles. The van der Waals surface area contributed by atoms with Gasteiger partial charge in [0.25, 0.3) is 0 Å². The summed E-state index contributed by atoms with van der Waals surface area (Å²) < 4.78 is 4.61. The molecule has 0 heterocycles. The average Bonchev–Trinajstić information content (AvgIpc) is 2.20. The van der Waals surface area contributed by atoms with Gasteiger partial charge in [-0.1, -0.05) is 39.0 Å². The van der Waals surface area contributed by atoms with Crippen molar-refractivity contribution in [1.82, 2.24) is 0 Å². The maximum Gasteiger partial charge on any atom is 0.306 e. The molecular formula is C11H20O3. The maximum atomic E-state index is 10.9. The van der Waals surface area contributed by atoms with Gasteiger partial charge in [0, 0.05) is 6.42 Å². The molecular weight excluding hydrogens is 180 g/mol. The van der Waals surface area contributed by atoms with Gasteiger partial charge in [-0.25, -0.2) is 0 Å². The lowest BCUT2D eigenvalue weighted by Gasteiger charge is -2.01. The minimum Gasteiger partial charge on any atom is -0.458 e. The van der Waals surface area contributed by atoms with Crippen molar-refractivity contribution in [1.29, 1.82) is 0 Å². The number of ether oxygens (including phenoxy) is 1. The van der Waals surface area contributed by atoms with E-state index in [1.165, 1.54) is 25.7 Å². The van der Waals surface area contributed by atoms with Crippen molar-refractivity contribution < 1.29 is 14.3 Å². The van der Waals surface area contributed by atoms with Crippen molar-refractivity contribution in [3.63, 3.8) is 0 Å². The normalized spacial score (nSPS) is 9.79. The molecule has 0 aliphatic carbocycles. The van der Waals surface area contributed by atoms with Gasteiger partial charge in [0.2, 0.25) is 0 Å². The zero-order chi connectivity index (χ0) is 10.6. The lowest BCUT2D eigenvalue weighted by atomic mass is 10.1. The van der Waals surface area contributed by atoms with Crippen molar-refractivity contribution in [3.05, 3.63) is 0 Å². The van der Waals surface area contributed by atoms with E-state index in [9.17, 15) is 9.59 Å². The topological polar surface area (TPSA) is 43.4 Å². The first-order valence-electron chi connectivity index (χ1n) is 5.40. The molecule has 0 bridgehead atoms. The number of unbranched alkanes of at least 4 members (excludes halogenated alkanes) is 5. The molecule has 0 aliphatic rings. The van der Waals surface area contributed by atoms with Gasteiger partial charge in [0.1, 0.15) is 6.61 Å². The largest absolute Gasteiger partial charge is 0.458 e. The highest BCUT2D eigenvalue weighted by atomic mass is 16.5. The first kappa shape index (κ1) is 13.1. The van der Waals surface area contributed by atoms with E-state index in [1.807, 2.05) is 0 Å². The lowest BCUT2D eigenvalue weighted by Crippen LogP contribution is -2.05. The molecule has 0 fully saturated rings. The Balaban J connectivity index is 3.10. The maximum absolute atomic E-state index is 10.9. The first-order valence-corrected chi connectivity index (χ1v) is 5.40. The second kappa shape index (κ2) is 10.2. The van der Waals surface area contributed by atoms with Gasteiger partial charge < -0.3 is 4.74 Å². The summed E-state index contributed by atoms with van der Waals surface area (Å²) in [6, 6.07) is 0. The molecule has 0 amide bonds. The molecule has 0 aromatic carbocycles. The Morgan fingerprint density at radius 1 is 1.14 bits per heavy atom. The first-order chi connectivity index (χ1) is 6.81. The molecule has 0 spiro atoms. The summed E-state index contributed by atoms with van der Waals surface area (Å²) in [5, 5.41) is 0. The van der Waals surface area contributed by atoms with E-state index in [4.69, 9.17) is 0 Å². The zero-order valence-electron chi connectivity index (χ0n) is 8.96. The van der Waals surface area contributed by atoms with Crippen LogP contribution in [0, 0.1) is 0 Å². The van der Waals surface area contributed by atoms with E-state index in [0.717, 1.165) is 12.8 Å². The Labute approximate surface area is 85.8 Å². The number of carbonyl (C=O) groups excluding carboxylic acids is 2. The zero-order valence-corrected chi connectivity index (χ0v) is 8.96. The lowest BCUT2D eigenvalue weighted by molar-refractivity contribution is -0.145. The molecule has 0 unspecified atom stereocenters. The van der Waals surface area contributed by atoms with Crippen LogP contribution >= 0.6 is 0 Å². The third kappa shape index (κ3) is 9.23. The van der Waals surface area contributed by atoms with Gasteiger partial charge in [0.15, 0.2) is 6.29 Å². The van der Waals surface area contributed by atoms with Crippen molar-refractivity contribution in [2.24, 2.45) is 0 Å². The van der Waals surface area contributed by atoms with Gasteiger partial charge >= 0.3 is 5.97 Å². The minimum atomic E-state index is -0.257. The molecule has 0 N–H and O–H groups in total. The van der Waals surface area contributed by atoms with E-state index in [1.54, 1.807) is 0 Å². The van der Waals surface area contributed by atoms with Crippen LogP contribution < -0.4 is 0 Å². The molecule has 0 saturated heterocycles. The highest BCUT2D eigenvalue weighted by Crippen LogP contribution is 2.07.